The number of likely N-dealkylation sites (tertiary alicyclic amines) is 1. The number of halogens is 1. The Bertz CT molecular complexity index is 896. The van der Waals surface area contributed by atoms with E-state index >= 15 is 0 Å². The number of carbonyl (C=O) groups excluding carboxylic acids is 1. The van der Waals surface area contributed by atoms with E-state index < -0.39 is 9.84 Å². The zero-order valence-electron chi connectivity index (χ0n) is 14.9. The average molecular weight is 427 g/mol. The number of benzene rings is 1. The van der Waals surface area contributed by atoms with Crippen molar-refractivity contribution >= 4 is 39.5 Å². The number of hydrogen-bond donors (Lipinski definition) is 1. The second-order valence-electron chi connectivity index (χ2n) is 7.15. The highest BCUT2D eigenvalue weighted by molar-refractivity contribution is 7.93. The van der Waals surface area contributed by atoms with Crippen LogP contribution in [0.15, 0.2) is 51.6 Å². The molecule has 146 valence electrons. The number of rotatable bonds is 3. The fraction of sp³-hybridized carbons (Fsp3) is 0.421. The first-order valence-electron chi connectivity index (χ1n) is 8.90. The van der Waals surface area contributed by atoms with Gasteiger partial charge in [0.25, 0.3) is 5.91 Å². The van der Waals surface area contributed by atoms with E-state index in [0.29, 0.717) is 10.3 Å². The predicted octanol–water partition coefficient (Wildman–Crippen LogP) is 3.22. The highest BCUT2D eigenvalue weighted by Crippen LogP contribution is 2.37. The van der Waals surface area contributed by atoms with Crippen LogP contribution in [0.25, 0.3) is 0 Å². The molecule has 0 saturated carbocycles. The van der Waals surface area contributed by atoms with Crippen LogP contribution in [-0.4, -0.2) is 45.4 Å². The topological polar surface area (TPSA) is 66.5 Å². The summed E-state index contributed by atoms with van der Waals surface area (Å²) in [6.45, 7) is 3.62. The van der Waals surface area contributed by atoms with Gasteiger partial charge in [0, 0.05) is 19.6 Å². The minimum absolute atomic E-state index is 0. The second kappa shape index (κ2) is 7.91. The molecule has 4 rings (SSSR count). The summed E-state index contributed by atoms with van der Waals surface area (Å²) < 4.78 is 25.6. The van der Waals surface area contributed by atoms with E-state index in [1.165, 1.54) is 6.42 Å². The molecule has 0 aliphatic carbocycles. The van der Waals surface area contributed by atoms with Crippen LogP contribution in [0.4, 0.5) is 0 Å². The maximum Gasteiger partial charge on any atom is 0.263 e. The number of piperidine rings is 1. The summed E-state index contributed by atoms with van der Waals surface area (Å²) >= 11 is 1.07. The van der Waals surface area contributed by atoms with Gasteiger partial charge in [-0.25, -0.2) is 8.42 Å². The van der Waals surface area contributed by atoms with Crippen molar-refractivity contribution in [1.29, 1.82) is 0 Å². The first-order valence-corrected chi connectivity index (χ1v) is 11.2. The summed E-state index contributed by atoms with van der Waals surface area (Å²) in [5, 5.41) is 3.43. The molecule has 2 fully saturated rings. The van der Waals surface area contributed by atoms with Gasteiger partial charge >= 0.3 is 0 Å². The van der Waals surface area contributed by atoms with Crippen molar-refractivity contribution in [2.45, 2.75) is 28.4 Å². The normalized spacial score (nSPS) is 19.0. The van der Waals surface area contributed by atoms with Gasteiger partial charge in [-0.05, 0) is 55.5 Å². The van der Waals surface area contributed by atoms with Gasteiger partial charge in [0.05, 0.1) is 9.77 Å². The zero-order chi connectivity index (χ0) is 18.2. The third kappa shape index (κ3) is 3.92. The van der Waals surface area contributed by atoms with Crippen molar-refractivity contribution in [2.75, 3.05) is 26.2 Å². The summed E-state index contributed by atoms with van der Waals surface area (Å²) in [5.41, 5.74) is 0.355. The smallest absolute Gasteiger partial charge is 0.263 e. The standard InChI is InChI=1S/C19H22N2O3S2.ClH/c22-18(21-12-9-19(10-13-21)8-11-20-14-19)16-6-7-17(25-16)26(23,24)15-4-2-1-3-5-15;/h1-7,20H,8-14H2;1H. The van der Waals surface area contributed by atoms with Crippen molar-refractivity contribution in [3.63, 3.8) is 0 Å². The van der Waals surface area contributed by atoms with Gasteiger partial charge in [-0.3, -0.25) is 4.79 Å². The monoisotopic (exact) mass is 426 g/mol. The fourth-order valence-electron chi connectivity index (χ4n) is 3.86. The molecule has 27 heavy (non-hydrogen) atoms. The van der Waals surface area contributed by atoms with E-state index in [4.69, 9.17) is 0 Å². The van der Waals surface area contributed by atoms with Crippen LogP contribution in [0.5, 0.6) is 0 Å². The molecule has 0 bridgehead atoms. The Kier molecular flexibility index (Phi) is 5.96. The Morgan fingerprint density at radius 1 is 1.04 bits per heavy atom. The molecule has 1 aromatic carbocycles. The largest absolute Gasteiger partial charge is 0.338 e. The Labute approximate surface area is 170 Å². The summed E-state index contributed by atoms with van der Waals surface area (Å²) in [6, 6.07) is 11.5. The molecule has 8 heteroatoms. The molecule has 0 unspecified atom stereocenters. The zero-order valence-corrected chi connectivity index (χ0v) is 17.3. The number of hydrogen-bond acceptors (Lipinski definition) is 5. The van der Waals surface area contributed by atoms with E-state index in [9.17, 15) is 13.2 Å². The molecule has 1 amide bonds. The average Bonchev–Trinajstić information content (AvgIpc) is 3.33. The SMILES string of the molecule is Cl.O=C(c1ccc(S(=O)(=O)c2ccccc2)s1)N1CCC2(CCNC2)CC1. The van der Waals surface area contributed by atoms with E-state index in [-0.39, 0.29) is 27.4 Å². The summed E-state index contributed by atoms with van der Waals surface area (Å²) in [6.07, 6.45) is 3.23. The number of carbonyl (C=O) groups is 1. The molecule has 1 N–H and O–H groups in total. The lowest BCUT2D eigenvalue weighted by molar-refractivity contribution is 0.0612. The van der Waals surface area contributed by atoms with Crippen LogP contribution in [-0.2, 0) is 9.84 Å². The predicted molar refractivity (Wildman–Crippen MR) is 109 cm³/mol. The van der Waals surface area contributed by atoms with Crippen molar-refractivity contribution in [1.82, 2.24) is 10.2 Å². The molecule has 2 aliphatic rings. The van der Waals surface area contributed by atoms with Crippen LogP contribution in [0, 0.1) is 5.41 Å². The van der Waals surface area contributed by atoms with E-state index in [1.54, 1.807) is 42.5 Å². The third-order valence-corrected chi connectivity index (χ3v) is 8.89. The van der Waals surface area contributed by atoms with Crippen LogP contribution in [0.2, 0.25) is 0 Å². The summed E-state index contributed by atoms with van der Waals surface area (Å²) in [5.74, 6) is -0.0506. The lowest BCUT2D eigenvalue weighted by Crippen LogP contribution is -2.43. The van der Waals surface area contributed by atoms with E-state index in [2.05, 4.69) is 5.32 Å². The van der Waals surface area contributed by atoms with Crippen LogP contribution in [0.3, 0.4) is 0 Å². The maximum absolute atomic E-state index is 12.8. The quantitative estimate of drug-likeness (QED) is 0.818. The molecule has 3 heterocycles. The van der Waals surface area contributed by atoms with Gasteiger partial charge in [-0.15, -0.1) is 23.7 Å². The molecule has 1 spiro atoms. The molecular formula is C19H23ClN2O3S2. The molecule has 0 radical (unpaired) electrons. The first kappa shape index (κ1) is 20.3. The minimum atomic E-state index is -3.56. The van der Waals surface area contributed by atoms with Gasteiger partial charge in [0.1, 0.15) is 4.21 Å². The molecule has 5 nitrogen and oxygen atoms in total. The van der Waals surface area contributed by atoms with Crippen LogP contribution >= 0.6 is 23.7 Å². The number of thiophene rings is 1. The van der Waals surface area contributed by atoms with Gasteiger partial charge in [-0.1, -0.05) is 18.2 Å². The lowest BCUT2D eigenvalue weighted by Gasteiger charge is -2.38. The van der Waals surface area contributed by atoms with Crippen LogP contribution < -0.4 is 5.32 Å². The Balaban J connectivity index is 0.00000210. The molecule has 0 atom stereocenters. The van der Waals surface area contributed by atoms with Crippen molar-refractivity contribution in [3.8, 4) is 0 Å². The molecule has 2 aromatic rings. The number of sulfone groups is 1. The minimum Gasteiger partial charge on any atom is -0.338 e. The molecule has 2 aliphatic heterocycles. The third-order valence-electron chi connectivity index (χ3n) is 5.55. The van der Waals surface area contributed by atoms with Crippen molar-refractivity contribution < 1.29 is 13.2 Å². The summed E-state index contributed by atoms with van der Waals surface area (Å²) in [7, 11) is -3.56. The van der Waals surface area contributed by atoms with E-state index in [1.807, 2.05) is 4.90 Å². The van der Waals surface area contributed by atoms with Gasteiger partial charge in [-0.2, -0.15) is 0 Å². The molecular weight excluding hydrogens is 404 g/mol. The fourth-order valence-corrected chi connectivity index (χ4v) is 6.55. The van der Waals surface area contributed by atoms with Crippen molar-refractivity contribution in [2.24, 2.45) is 5.41 Å². The van der Waals surface area contributed by atoms with Gasteiger partial charge < -0.3 is 10.2 Å². The van der Waals surface area contributed by atoms with Crippen molar-refractivity contribution in [3.05, 3.63) is 47.3 Å². The number of amides is 1. The highest BCUT2D eigenvalue weighted by atomic mass is 35.5. The maximum atomic E-state index is 12.8. The second-order valence-corrected chi connectivity index (χ2v) is 10.4. The lowest BCUT2D eigenvalue weighted by atomic mass is 9.78. The number of nitrogens with one attached hydrogen (secondary N) is 1. The Hall–Kier alpha value is -1.41. The highest BCUT2D eigenvalue weighted by Gasteiger charge is 2.38. The molecule has 2 saturated heterocycles. The van der Waals surface area contributed by atoms with Gasteiger partial charge in [0.2, 0.25) is 9.84 Å². The van der Waals surface area contributed by atoms with Crippen LogP contribution in [0.1, 0.15) is 28.9 Å². The Morgan fingerprint density at radius 3 is 2.37 bits per heavy atom. The van der Waals surface area contributed by atoms with Gasteiger partial charge in [0.15, 0.2) is 0 Å². The summed E-state index contributed by atoms with van der Waals surface area (Å²) in [4.78, 5) is 15.4. The molecule has 1 aromatic heterocycles. The van der Waals surface area contributed by atoms with E-state index in [0.717, 1.165) is 50.4 Å². The Morgan fingerprint density at radius 2 is 1.74 bits per heavy atom. The first-order chi connectivity index (χ1) is 12.5. The number of nitrogens with zero attached hydrogens (tertiary/aromatic N) is 1.